The second-order valence-corrected chi connectivity index (χ2v) is 5.24. The van der Waals surface area contributed by atoms with E-state index in [9.17, 15) is 4.39 Å². The van der Waals surface area contributed by atoms with Gasteiger partial charge in [-0.1, -0.05) is 12.8 Å². The zero-order chi connectivity index (χ0) is 17.6. The highest BCUT2D eigenvalue weighted by Gasteiger charge is 2.14. The number of imidazole rings is 1. The number of aromatic nitrogens is 4. The molecule has 0 aliphatic heterocycles. The van der Waals surface area contributed by atoms with Crippen molar-refractivity contribution < 1.29 is 9.13 Å². The zero-order valence-electron chi connectivity index (χ0n) is 14.1. The summed E-state index contributed by atoms with van der Waals surface area (Å²) in [4.78, 5) is 13.1. The Morgan fingerprint density at radius 1 is 1.20 bits per heavy atom. The molecular formula is C18H18FN5O. The van der Waals surface area contributed by atoms with E-state index >= 15 is 0 Å². The first-order valence-corrected chi connectivity index (χ1v) is 8.10. The number of nitrogens with one attached hydrogen (secondary N) is 1. The van der Waals surface area contributed by atoms with E-state index in [-0.39, 0.29) is 5.82 Å². The summed E-state index contributed by atoms with van der Waals surface area (Å²) < 4.78 is 20.3. The summed E-state index contributed by atoms with van der Waals surface area (Å²) in [5.74, 6) is 3.48. The molecule has 0 aliphatic rings. The SMILES string of the molecule is CCCC#Cn1cnc2c(OCC)nc(Nc3ccc(F)cc3)nc21. The molecule has 0 bridgehead atoms. The van der Waals surface area contributed by atoms with Crippen LogP contribution in [0.2, 0.25) is 0 Å². The van der Waals surface area contributed by atoms with Crippen LogP contribution in [0.25, 0.3) is 11.2 Å². The van der Waals surface area contributed by atoms with Crippen LogP contribution in [0.5, 0.6) is 5.88 Å². The van der Waals surface area contributed by atoms with Crippen molar-refractivity contribution in [3.05, 3.63) is 36.4 Å². The minimum Gasteiger partial charge on any atom is -0.476 e. The van der Waals surface area contributed by atoms with Crippen LogP contribution in [0.15, 0.2) is 30.6 Å². The van der Waals surface area contributed by atoms with E-state index in [1.54, 1.807) is 23.0 Å². The fourth-order valence-corrected chi connectivity index (χ4v) is 2.18. The molecule has 0 spiro atoms. The number of anilines is 2. The van der Waals surface area contributed by atoms with Crippen molar-refractivity contribution >= 4 is 22.8 Å². The highest BCUT2D eigenvalue weighted by Crippen LogP contribution is 2.24. The quantitative estimate of drug-likeness (QED) is 0.718. The minimum atomic E-state index is -0.304. The highest BCUT2D eigenvalue weighted by molar-refractivity contribution is 5.79. The molecule has 6 nitrogen and oxygen atoms in total. The van der Waals surface area contributed by atoms with Crippen LogP contribution in [0, 0.1) is 17.8 Å². The maximum atomic E-state index is 13.1. The minimum absolute atomic E-state index is 0.304. The van der Waals surface area contributed by atoms with E-state index < -0.39 is 0 Å². The van der Waals surface area contributed by atoms with Gasteiger partial charge in [0.15, 0.2) is 11.2 Å². The van der Waals surface area contributed by atoms with Gasteiger partial charge in [0, 0.05) is 18.2 Å². The molecule has 0 atom stereocenters. The summed E-state index contributed by atoms with van der Waals surface area (Å²) in [5.41, 5.74) is 1.79. The number of fused-ring (bicyclic) bond motifs is 1. The summed E-state index contributed by atoms with van der Waals surface area (Å²) in [6.45, 7) is 4.40. The van der Waals surface area contributed by atoms with Crippen LogP contribution in [0.4, 0.5) is 16.0 Å². The van der Waals surface area contributed by atoms with E-state index in [0.717, 1.165) is 12.8 Å². The average molecular weight is 339 g/mol. The van der Waals surface area contributed by atoms with Gasteiger partial charge in [-0.2, -0.15) is 9.97 Å². The predicted molar refractivity (Wildman–Crippen MR) is 94.3 cm³/mol. The largest absolute Gasteiger partial charge is 0.476 e. The second kappa shape index (κ2) is 7.62. The molecule has 7 heteroatoms. The van der Waals surface area contributed by atoms with Gasteiger partial charge in [-0.25, -0.2) is 13.9 Å². The average Bonchev–Trinajstić information content (AvgIpc) is 3.01. The van der Waals surface area contributed by atoms with Crippen molar-refractivity contribution in [2.45, 2.75) is 26.7 Å². The number of rotatable bonds is 5. The normalized spacial score (nSPS) is 10.4. The van der Waals surface area contributed by atoms with Gasteiger partial charge in [0.05, 0.1) is 6.61 Å². The summed E-state index contributed by atoms with van der Waals surface area (Å²) in [7, 11) is 0. The Bertz CT molecular complexity index is 924. The van der Waals surface area contributed by atoms with Gasteiger partial charge in [-0.15, -0.1) is 0 Å². The molecular weight excluding hydrogens is 321 g/mol. The Morgan fingerprint density at radius 2 is 2.00 bits per heavy atom. The third-order valence-corrected chi connectivity index (χ3v) is 3.32. The Balaban J connectivity index is 2.01. The van der Waals surface area contributed by atoms with E-state index in [1.807, 2.05) is 6.92 Å². The van der Waals surface area contributed by atoms with Gasteiger partial charge in [0.2, 0.25) is 11.8 Å². The predicted octanol–water partition coefficient (Wildman–Crippen LogP) is 3.72. The Kier molecular flexibility index (Phi) is 5.09. The maximum absolute atomic E-state index is 13.1. The van der Waals surface area contributed by atoms with Crippen molar-refractivity contribution in [3.63, 3.8) is 0 Å². The third kappa shape index (κ3) is 3.86. The van der Waals surface area contributed by atoms with Crippen LogP contribution >= 0.6 is 0 Å². The lowest BCUT2D eigenvalue weighted by Gasteiger charge is -2.08. The number of hydrogen-bond acceptors (Lipinski definition) is 5. The third-order valence-electron chi connectivity index (χ3n) is 3.32. The number of hydrogen-bond donors (Lipinski definition) is 1. The lowest BCUT2D eigenvalue weighted by atomic mass is 10.3. The first-order chi connectivity index (χ1) is 12.2. The molecule has 2 heterocycles. The van der Waals surface area contributed by atoms with Gasteiger partial charge in [0.1, 0.15) is 12.1 Å². The molecule has 0 aliphatic carbocycles. The molecule has 0 saturated carbocycles. The van der Waals surface area contributed by atoms with Gasteiger partial charge < -0.3 is 10.1 Å². The number of unbranched alkanes of at least 4 members (excludes halogenated alkanes) is 1. The molecule has 2 aromatic heterocycles. The van der Waals surface area contributed by atoms with E-state index in [0.29, 0.717) is 35.3 Å². The molecule has 3 aromatic rings. The molecule has 25 heavy (non-hydrogen) atoms. The molecule has 128 valence electrons. The molecule has 0 unspecified atom stereocenters. The maximum Gasteiger partial charge on any atom is 0.247 e. The fourth-order valence-electron chi connectivity index (χ4n) is 2.18. The smallest absolute Gasteiger partial charge is 0.247 e. The first-order valence-electron chi connectivity index (χ1n) is 8.10. The van der Waals surface area contributed by atoms with Crippen molar-refractivity contribution in [3.8, 4) is 17.8 Å². The lowest BCUT2D eigenvalue weighted by Crippen LogP contribution is -2.03. The fraction of sp³-hybridized carbons (Fsp3) is 0.278. The summed E-state index contributed by atoms with van der Waals surface area (Å²) >= 11 is 0. The Morgan fingerprint density at radius 3 is 2.72 bits per heavy atom. The van der Waals surface area contributed by atoms with Gasteiger partial charge in [0.25, 0.3) is 0 Å². The second-order valence-electron chi connectivity index (χ2n) is 5.24. The number of halogens is 1. The van der Waals surface area contributed by atoms with Crippen LogP contribution in [0.1, 0.15) is 26.7 Å². The topological polar surface area (TPSA) is 64.9 Å². The molecule has 1 N–H and O–H groups in total. The summed E-state index contributed by atoms with van der Waals surface area (Å²) in [6, 6.07) is 8.97. The molecule has 0 amide bonds. The number of ether oxygens (including phenoxy) is 1. The van der Waals surface area contributed by atoms with Crippen molar-refractivity contribution in [1.29, 1.82) is 0 Å². The van der Waals surface area contributed by atoms with Crippen molar-refractivity contribution in [2.75, 3.05) is 11.9 Å². The van der Waals surface area contributed by atoms with Gasteiger partial charge in [-0.05, 0) is 37.6 Å². The Labute approximate surface area is 145 Å². The summed E-state index contributed by atoms with van der Waals surface area (Å²) in [6.07, 6.45) is 3.38. The molecule has 1 aromatic carbocycles. The first kappa shape index (κ1) is 16.7. The number of nitrogens with zero attached hydrogens (tertiary/aromatic N) is 4. The molecule has 0 radical (unpaired) electrons. The lowest BCUT2D eigenvalue weighted by molar-refractivity contribution is 0.330. The van der Waals surface area contributed by atoms with E-state index in [2.05, 4.69) is 39.2 Å². The highest BCUT2D eigenvalue weighted by atomic mass is 19.1. The van der Waals surface area contributed by atoms with Gasteiger partial charge in [-0.3, -0.25) is 0 Å². The van der Waals surface area contributed by atoms with Crippen molar-refractivity contribution in [1.82, 2.24) is 19.5 Å². The van der Waals surface area contributed by atoms with E-state index in [4.69, 9.17) is 4.74 Å². The van der Waals surface area contributed by atoms with Crippen LogP contribution in [-0.2, 0) is 0 Å². The van der Waals surface area contributed by atoms with Crippen molar-refractivity contribution in [2.24, 2.45) is 0 Å². The Hall–Kier alpha value is -3.14. The van der Waals surface area contributed by atoms with Crippen LogP contribution < -0.4 is 10.1 Å². The van der Waals surface area contributed by atoms with Gasteiger partial charge >= 0.3 is 0 Å². The summed E-state index contributed by atoms with van der Waals surface area (Å²) in [5, 5.41) is 3.05. The molecule has 3 rings (SSSR count). The zero-order valence-corrected chi connectivity index (χ0v) is 14.1. The van der Waals surface area contributed by atoms with E-state index in [1.165, 1.54) is 12.1 Å². The monoisotopic (exact) mass is 339 g/mol. The molecule has 0 fully saturated rings. The standard InChI is InChI=1S/C18H18FN5O/c1-3-5-6-11-24-12-20-15-16(24)22-18(23-17(15)25-4-2)21-14-9-7-13(19)8-10-14/h7-10,12H,3-5H2,1-2H3,(H,21,22,23). The van der Waals surface area contributed by atoms with Crippen LogP contribution in [0.3, 0.4) is 0 Å². The van der Waals surface area contributed by atoms with Crippen LogP contribution in [-0.4, -0.2) is 26.1 Å². The molecule has 0 saturated heterocycles. The number of benzene rings is 1.